The molecule has 0 saturated carbocycles. The van der Waals surface area contributed by atoms with Crippen molar-refractivity contribution in [1.82, 2.24) is 9.97 Å². The Balaban J connectivity index is 1.36. The fraction of sp³-hybridized carbons (Fsp3) is 0.261. The van der Waals surface area contributed by atoms with Crippen LogP contribution in [0.4, 0.5) is 10.1 Å². The van der Waals surface area contributed by atoms with Crippen molar-refractivity contribution in [3.05, 3.63) is 87.1 Å². The third kappa shape index (κ3) is 5.59. The number of halogens is 1. The first kappa shape index (κ1) is 21.3. The number of aromatic nitrogens is 2. The smallest absolute Gasteiger partial charge is 0.260 e. The second kappa shape index (κ2) is 9.45. The lowest BCUT2D eigenvalue weighted by Gasteiger charge is -2.25. The lowest BCUT2D eigenvalue weighted by Crippen LogP contribution is -3.10. The maximum Gasteiger partial charge on any atom is 0.260 e. The van der Waals surface area contributed by atoms with Crippen LogP contribution in [0, 0.1) is 12.7 Å². The van der Waals surface area contributed by atoms with Gasteiger partial charge in [-0.15, -0.1) is 0 Å². The number of nitrogens with zero attached hydrogens (tertiary/aromatic N) is 1. The van der Waals surface area contributed by atoms with Gasteiger partial charge in [-0.2, -0.15) is 0 Å². The molecule has 0 spiro atoms. The molecular weight excluding hydrogens is 415 g/mol. The highest BCUT2D eigenvalue weighted by Gasteiger charge is 2.24. The maximum atomic E-state index is 13.0. The van der Waals surface area contributed by atoms with E-state index in [1.807, 2.05) is 0 Å². The van der Waals surface area contributed by atoms with Crippen LogP contribution in [0.5, 0.6) is 0 Å². The summed E-state index contributed by atoms with van der Waals surface area (Å²) in [5.74, 6) is -0.502. The highest BCUT2D eigenvalue weighted by molar-refractivity contribution is 7.99. The molecule has 2 aromatic carbocycles. The molecule has 6 nitrogen and oxygen atoms in total. The highest BCUT2D eigenvalue weighted by Crippen LogP contribution is 2.15. The number of carbonyl (C=O) groups excluding carboxylic acids is 1. The lowest BCUT2D eigenvalue weighted by atomic mass is 10.1. The summed E-state index contributed by atoms with van der Waals surface area (Å²) in [6, 6.07) is 14.1. The molecule has 0 radical (unpaired) electrons. The van der Waals surface area contributed by atoms with E-state index < -0.39 is 0 Å². The van der Waals surface area contributed by atoms with Crippen molar-refractivity contribution in [2.45, 2.75) is 31.6 Å². The molecule has 160 valence electrons. The van der Waals surface area contributed by atoms with Gasteiger partial charge in [-0.05, 0) is 31.2 Å². The summed E-state index contributed by atoms with van der Waals surface area (Å²) in [7, 11) is 0. The van der Waals surface area contributed by atoms with Gasteiger partial charge in [-0.25, -0.2) is 9.37 Å². The van der Waals surface area contributed by atoms with Crippen LogP contribution in [0.25, 0.3) is 0 Å². The molecule has 1 amide bonds. The van der Waals surface area contributed by atoms with Crippen molar-refractivity contribution in [1.29, 1.82) is 0 Å². The zero-order valence-electron chi connectivity index (χ0n) is 17.2. The number of H-pyrrole nitrogens is 1. The van der Waals surface area contributed by atoms with Crippen LogP contribution in [-0.4, -0.2) is 28.2 Å². The molecule has 3 aromatic rings. The zero-order valence-corrected chi connectivity index (χ0v) is 18.0. The number of rotatable bonds is 6. The Morgan fingerprint density at radius 3 is 2.68 bits per heavy atom. The van der Waals surface area contributed by atoms with Crippen molar-refractivity contribution in [2.75, 3.05) is 17.6 Å². The number of benzene rings is 2. The fourth-order valence-corrected chi connectivity index (χ4v) is 4.30. The SMILES string of the molecule is Cc1ccc(C[NH+]2CCc3nc(SCC(=O)Nc4ccc(F)cc4)[nH]c(=O)c3C2)cc1. The molecule has 4 rings (SSSR count). The molecule has 1 aliphatic rings. The number of aromatic amines is 1. The van der Waals surface area contributed by atoms with Gasteiger partial charge in [0.2, 0.25) is 5.91 Å². The summed E-state index contributed by atoms with van der Waals surface area (Å²) in [4.78, 5) is 33.5. The van der Waals surface area contributed by atoms with E-state index in [4.69, 9.17) is 0 Å². The van der Waals surface area contributed by atoms with E-state index in [9.17, 15) is 14.0 Å². The Kier molecular flexibility index (Phi) is 6.48. The average Bonchev–Trinajstić information content (AvgIpc) is 2.76. The largest absolute Gasteiger partial charge is 0.327 e. The molecular formula is C23H24FN4O2S+. The first-order valence-corrected chi connectivity index (χ1v) is 11.1. The molecule has 1 aromatic heterocycles. The monoisotopic (exact) mass is 439 g/mol. The topological polar surface area (TPSA) is 79.3 Å². The number of nitrogens with one attached hydrogen (secondary N) is 3. The molecule has 0 aliphatic carbocycles. The van der Waals surface area contributed by atoms with Gasteiger partial charge in [0.1, 0.15) is 18.9 Å². The summed E-state index contributed by atoms with van der Waals surface area (Å²) < 4.78 is 13.0. The first-order valence-electron chi connectivity index (χ1n) is 10.2. The summed E-state index contributed by atoms with van der Waals surface area (Å²) >= 11 is 1.18. The van der Waals surface area contributed by atoms with Crippen molar-refractivity contribution >= 4 is 23.4 Å². The molecule has 1 aliphatic heterocycles. The van der Waals surface area contributed by atoms with Gasteiger partial charge in [0.25, 0.3) is 5.56 Å². The second-order valence-corrected chi connectivity index (χ2v) is 8.69. The molecule has 0 fully saturated rings. The first-order chi connectivity index (χ1) is 15.0. The van der Waals surface area contributed by atoms with E-state index in [2.05, 4.69) is 46.5 Å². The van der Waals surface area contributed by atoms with Crippen molar-refractivity contribution in [2.24, 2.45) is 0 Å². The van der Waals surface area contributed by atoms with E-state index >= 15 is 0 Å². The fourth-order valence-electron chi connectivity index (χ4n) is 3.62. The van der Waals surface area contributed by atoms with Gasteiger partial charge in [-0.3, -0.25) is 9.59 Å². The minimum Gasteiger partial charge on any atom is -0.327 e. The van der Waals surface area contributed by atoms with E-state index in [0.717, 1.165) is 30.8 Å². The number of hydrogen-bond donors (Lipinski definition) is 3. The number of amides is 1. The minimum atomic E-state index is -0.359. The van der Waals surface area contributed by atoms with Gasteiger partial charge in [0.15, 0.2) is 5.16 Å². The molecule has 0 saturated heterocycles. The number of anilines is 1. The zero-order chi connectivity index (χ0) is 21.8. The Morgan fingerprint density at radius 2 is 1.94 bits per heavy atom. The highest BCUT2D eigenvalue weighted by atomic mass is 32.2. The van der Waals surface area contributed by atoms with E-state index in [1.165, 1.54) is 52.1 Å². The molecule has 2 heterocycles. The molecule has 0 bridgehead atoms. The van der Waals surface area contributed by atoms with Crippen molar-refractivity contribution in [3.8, 4) is 0 Å². The lowest BCUT2D eigenvalue weighted by molar-refractivity contribution is -0.929. The number of fused-ring (bicyclic) bond motifs is 1. The number of hydrogen-bond acceptors (Lipinski definition) is 4. The standard InChI is InChI=1S/C23H23FN4O2S/c1-15-2-4-16(5-3-15)12-28-11-10-20-19(13-28)22(30)27-23(26-20)31-14-21(29)25-18-8-6-17(24)7-9-18/h2-9H,10-14H2,1H3,(H,25,29)(H,26,27,30)/p+1. The molecule has 1 atom stereocenters. The molecule has 31 heavy (non-hydrogen) atoms. The van der Waals surface area contributed by atoms with Crippen LogP contribution in [0.1, 0.15) is 22.4 Å². The normalized spacial score (nSPS) is 15.4. The van der Waals surface area contributed by atoms with Crippen LogP contribution in [0.15, 0.2) is 58.5 Å². The van der Waals surface area contributed by atoms with Crippen molar-refractivity contribution in [3.63, 3.8) is 0 Å². The van der Waals surface area contributed by atoms with Crippen molar-refractivity contribution < 1.29 is 14.1 Å². The predicted molar refractivity (Wildman–Crippen MR) is 119 cm³/mol. The van der Waals surface area contributed by atoms with Gasteiger partial charge in [0.05, 0.1) is 23.6 Å². The van der Waals surface area contributed by atoms with E-state index in [0.29, 0.717) is 17.4 Å². The number of aryl methyl sites for hydroxylation is 1. The summed E-state index contributed by atoms with van der Waals surface area (Å²) in [5.41, 5.74) is 4.43. The number of carbonyl (C=O) groups is 1. The van der Waals surface area contributed by atoms with Crippen LogP contribution in [-0.2, 0) is 24.3 Å². The predicted octanol–water partition coefficient (Wildman–Crippen LogP) is 2.09. The Morgan fingerprint density at radius 1 is 1.19 bits per heavy atom. The van der Waals surface area contributed by atoms with Crippen LogP contribution in [0.3, 0.4) is 0 Å². The Bertz CT molecular complexity index is 1130. The van der Waals surface area contributed by atoms with Gasteiger partial charge in [-0.1, -0.05) is 41.6 Å². The quantitative estimate of drug-likeness (QED) is 0.406. The minimum absolute atomic E-state index is 0.101. The maximum absolute atomic E-state index is 13.0. The number of quaternary nitrogens is 1. The molecule has 8 heteroatoms. The van der Waals surface area contributed by atoms with Gasteiger partial charge >= 0.3 is 0 Å². The summed E-state index contributed by atoms with van der Waals surface area (Å²) in [6.07, 6.45) is 0.732. The van der Waals surface area contributed by atoms with E-state index in [-0.39, 0.29) is 23.0 Å². The van der Waals surface area contributed by atoms with Crippen LogP contribution in [0.2, 0.25) is 0 Å². The number of thioether (sulfide) groups is 1. The van der Waals surface area contributed by atoms with E-state index in [1.54, 1.807) is 0 Å². The second-order valence-electron chi connectivity index (χ2n) is 7.73. The summed E-state index contributed by atoms with van der Waals surface area (Å²) in [5, 5.41) is 3.14. The van der Waals surface area contributed by atoms with Crippen LogP contribution >= 0.6 is 11.8 Å². The average molecular weight is 440 g/mol. The van der Waals surface area contributed by atoms with Gasteiger partial charge in [0, 0.05) is 17.7 Å². The molecule has 1 unspecified atom stereocenters. The summed E-state index contributed by atoms with van der Waals surface area (Å²) in [6.45, 7) is 4.49. The Hall–Kier alpha value is -2.97. The van der Waals surface area contributed by atoms with Gasteiger partial charge < -0.3 is 15.2 Å². The van der Waals surface area contributed by atoms with Crippen LogP contribution < -0.4 is 15.8 Å². The molecule has 3 N–H and O–H groups in total. The Labute approximate surface area is 183 Å². The third-order valence-electron chi connectivity index (χ3n) is 5.26. The third-order valence-corrected chi connectivity index (χ3v) is 6.14.